The van der Waals surface area contributed by atoms with E-state index in [0.717, 1.165) is 44.1 Å². The minimum Gasteiger partial charge on any atom is -0.495 e. The molecule has 0 heterocycles. The summed E-state index contributed by atoms with van der Waals surface area (Å²) in [7, 11) is 1.56. The Morgan fingerprint density at radius 1 is 1.33 bits per heavy atom. The lowest BCUT2D eigenvalue weighted by Gasteiger charge is -2.26. The normalized spacial score (nSPS) is 16.6. The fourth-order valence-corrected chi connectivity index (χ4v) is 3.21. The summed E-state index contributed by atoms with van der Waals surface area (Å²) in [5.41, 5.74) is 0.883. The number of nitrogens with one attached hydrogen (secondary N) is 2. The Bertz CT molecular complexity index is 632. The summed E-state index contributed by atoms with van der Waals surface area (Å²) in [5.74, 6) is 0.399. The van der Waals surface area contributed by atoms with E-state index in [1.54, 1.807) is 13.2 Å². The van der Waals surface area contributed by atoms with Gasteiger partial charge in [0.05, 0.1) is 25.4 Å². The molecule has 130 valence electrons. The van der Waals surface area contributed by atoms with Crippen LogP contribution in [0, 0.1) is 18.3 Å². The lowest BCUT2D eigenvalue weighted by Crippen LogP contribution is -2.48. The van der Waals surface area contributed by atoms with Crippen LogP contribution in [0.15, 0.2) is 12.1 Å². The van der Waals surface area contributed by atoms with Crippen LogP contribution in [0.2, 0.25) is 5.02 Å². The summed E-state index contributed by atoms with van der Waals surface area (Å²) in [6.07, 6.45) is 5.64. The first kappa shape index (κ1) is 18.4. The van der Waals surface area contributed by atoms with E-state index in [-0.39, 0.29) is 12.5 Å². The van der Waals surface area contributed by atoms with Gasteiger partial charge in [0.1, 0.15) is 11.3 Å². The first-order valence-corrected chi connectivity index (χ1v) is 8.68. The van der Waals surface area contributed by atoms with Crippen LogP contribution in [0.1, 0.15) is 44.1 Å². The summed E-state index contributed by atoms with van der Waals surface area (Å²) >= 11 is 6.09. The third-order valence-corrected chi connectivity index (χ3v) is 4.88. The topological polar surface area (TPSA) is 74.2 Å². The average molecular weight is 350 g/mol. The van der Waals surface area contributed by atoms with Crippen molar-refractivity contribution in [2.75, 3.05) is 19.0 Å². The zero-order valence-electron chi connectivity index (χ0n) is 14.2. The predicted molar refractivity (Wildman–Crippen MR) is 95.4 cm³/mol. The van der Waals surface area contributed by atoms with E-state index in [4.69, 9.17) is 16.3 Å². The number of hydrogen-bond donors (Lipinski definition) is 2. The molecule has 0 aliphatic heterocycles. The van der Waals surface area contributed by atoms with Crippen LogP contribution >= 0.6 is 11.6 Å². The maximum Gasteiger partial charge on any atom is 0.240 e. The van der Waals surface area contributed by atoms with Gasteiger partial charge in [0, 0.05) is 11.1 Å². The van der Waals surface area contributed by atoms with Crippen molar-refractivity contribution in [1.82, 2.24) is 5.32 Å². The number of nitriles is 1. The molecule has 1 fully saturated rings. The van der Waals surface area contributed by atoms with E-state index in [1.165, 1.54) is 0 Å². The van der Waals surface area contributed by atoms with Crippen molar-refractivity contribution >= 4 is 23.2 Å². The SMILES string of the molecule is COc1cc(Cl)c(C)cc1NCC(=O)NC1(C#N)CCCCCC1. The van der Waals surface area contributed by atoms with Crippen LogP contribution in [-0.4, -0.2) is 25.1 Å². The molecule has 0 unspecified atom stereocenters. The molecular formula is C18H24ClN3O2. The second-order valence-electron chi connectivity index (χ2n) is 6.31. The Balaban J connectivity index is 2.00. The summed E-state index contributed by atoms with van der Waals surface area (Å²) in [6.45, 7) is 1.98. The van der Waals surface area contributed by atoms with Gasteiger partial charge in [-0.3, -0.25) is 4.79 Å². The molecule has 1 aromatic carbocycles. The fraction of sp³-hybridized carbons (Fsp3) is 0.556. The second-order valence-corrected chi connectivity index (χ2v) is 6.72. The van der Waals surface area contributed by atoms with E-state index < -0.39 is 5.54 Å². The highest BCUT2D eigenvalue weighted by Gasteiger charge is 2.32. The smallest absolute Gasteiger partial charge is 0.240 e. The third-order valence-electron chi connectivity index (χ3n) is 4.47. The molecule has 0 spiro atoms. The van der Waals surface area contributed by atoms with Crippen molar-refractivity contribution in [2.45, 2.75) is 51.0 Å². The Kier molecular flexibility index (Phi) is 6.33. The Morgan fingerprint density at radius 2 is 2.00 bits per heavy atom. The number of aryl methyl sites for hydroxylation is 1. The molecule has 0 saturated heterocycles. The number of amides is 1. The third kappa shape index (κ3) is 4.55. The fourth-order valence-electron chi connectivity index (χ4n) is 3.05. The number of carbonyl (C=O) groups excluding carboxylic acids is 1. The van der Waals surface area contributed by atoms with E-state index >= 15 is 0 Å². The van der Waals surface area contributed by atoms with Gasteiger partial charge in [-0.1, -0.05) is 37.3 Å². The highest BCUT2D eigenvalue weighted by Crippen LogP contribution is 2.31. The molecule has 1 saturated carbocycles. The molecule has 1 aromatic rings. The molecule has 0 atom stereocenters. The highest BCUT2D eigenvalue weighted by atomic mass is 35.5. The van der Waals surface area contributed by atoms with Crippen LogP contribution in [0.4, 0.5) is 5.69 Å². The number of halogens is 1. The van der Waals surface area contributed by atoms with E-state index in [0.29, 0.717) is 16.5 Å². The first-order chi connectivity index (χ1) is 11.5. The number of anilines is 1. The van der Waals surface area contributed by atoms with Gasteiger partial charge in [-0.15, -0.1) is 0 Å². The molecule has 1 aliphatic rings. The number of methoxy groups -OCH3 is 1. The maximum absolute atomic E-state index is 12.3. The van der Waals surface area contributed by atoms with Gasteiger partial charge in [0.2, 0.25) is 5.91 Å². The summed E-state index contributed by atoms with van der Waals surface area (Å²) in [6, 6.07) is 5.89. The Labute approximate surface area is 148 Å². The molecule has 0 radical (unpaired) electrons. The summed E-state index contributed by atoms with van der Waals surface area (Å²) in [5, 5.41) is 16.1. The Morgan fingerprint density at radius 3 is 2.58 bits per heavy atom. The number of carbonyl (C=O) groups is 1. The first-order valence-electron chi connectivity index (χ1n) is 8.30. The molecular weight excluding hydrogens is 326 g/mol. The van der Waals surface area contributed by atoms with Crippen molar-refractivity contribution in [3.63, 3.8) is 0 Å². The molecule has 5 nitrogen and oxygen atoms in total. The van der Waals surface area contributed by atoms with Gasteiger partial charge in [-0.05, 0) is 31.4 Å². The van der Waals surface area contributed by atoms with Crippen LogP contribution in [0.25, 0.3) is 0 Å². The zero-order valence-corrected chi connectivity index (χ0v) is 15.0. The minimum atomic E-state index is -0.727. The Hall–Kier alpha value is -1.93. The van der Waals surface area contributed by atoms with Gasteiger partial charge in [0.15, 0.2) is 0 Å². The zero-order chi connectivity index (χ0) is 17.6. The van der Waals surface area contributed by atoms with Crippen molar-refractivity contribution in [3.05, 3.63) is 22.7 Å². The number of hydrogen-bond acceptors (Lipinski definition) is 4. The molecule has 0 aromatic heterocycles. The lowest BCUT2D eigenvalue weighted by atomic mass is 9.92. The molecule has 6 heteroatoms. The lowest BCUT2D eigenvalue weighted by molar-refractivity contribution is -0.120. The highest BCUT2D eigenvalue weighted by molar-refractivity contribution is 6.31. The van der Waals surface area contributed by atoms with Gasteiger partial charge < -0.3 is 15.4 Å². The van der Waals surface area contributed by atoms with Crippen molar-refractivity contribution in [3.8, 4) is 11.8 Å². The number of ether oxygens (including phenoxy) is 1. The summed E-state index contributed by atoms with van der Waals surface area (Å²) < 4.78 is 5.29. The van der Waals surface area contributed by atoms with Gasteiger partial charge in [-0.2, -0.15) is 5.26 Å². The monoisotopic (exact) mass is 349 g/mol. The molecule has 1 aliphatic carbocycles. The predicted octanol–water partition coefficient (Wildman–Crippen LogP) is 3.80. The maximum atomic E-state index is 12.3. The number of rotatable bonds is 5. The van der Waals surface area contributed by atoms with Crippen molar-refractivity contribution in [2.24, 2.45) is 0 Å². The van der Waals surface area contributed by atoms with Gasteiger partial charge in [-0.25, -0.2) is 0 Å². The van der Waals surface area contributed by atoms with Crippen LogP contribution in [0.3, 0.4) is 0 Å². The van der Waals surface area contributed by atoms with Crippen LogP contribution in [-0.2, 0) is 4.79 Å². The molecule has 2 rings (SSSR count). The number of nitrogens with zero attached hydrogens (tertiary/aromatic N) is 1. The minimum absolute atomic E-state index is 0.0842. The standard InChI is InChI=1S/C18H24ClN3O2/c1-13-9-15(16(24-2)10-14(13)19)21-11-17(23)22-18(12-20)7-5-3-4-6-8-18/h9-10,21H,3-8,11H2,1-2H3,(H,22,23). The molecule has 24 heavy (non-hydrogen) atoms. The van der Waals surface area contributed by atoms with Crippen molar-refractivity contribution < 1.29 is 9.53 Å². The molecule has 1 amide bonds. The average Bonchev–Trinajstić information content (AvgIpc) is 2.81. The van der Waals surface area contributed by atoms with Gasteiger partial charge in [0.25, 0.3) is 0 Å². The summed E-state index contributed by atoms with van der Waals surface area (Å²) in [4.78, 5) is 12.3. The largest absolute Gasteiger partial charge is 0.495 e. The van der Waals surface area contributed by atoms with E-state index in [2.05, 4.69) is 16.7 Å². The van der Waals surface area contributed by atoms with E-state index in [9.17, 15) is 10.1 Å². The van der Waals surface area contributed by atoms with Crippen molar-refractivity contribution in [1.29, 1.82) is 5.26 Å². The number of benzene rings is 1. The molecule has 0 bridgehead atoms. The van der Waals surface area contributed by atoms with E-state index in [1.807, 2.05) is 13.0 Å². The second kappa shape index (κ2) is 8.25. The quantitative estimate of drug-likeness (QED) is 0.793. The van der Waals surface area contributed by atoms with Crippen LogP contribution < -0.4 is 15.4 Å². The van der Waals surface area contributed by atoms with Gasteiger partial charge >= 0.3 is 0 Å². The van der Waals surface area contributed by atoms with Crippen LogP contribution in [0.5, 0.6) is 5.75 Å². The molecule has 2 N–H and O–H groups in total.